The second-order valence-corrected chi connectivity index (χ2v) is 14.0. The normalized spacial score (nSPS) is 12.5. The molecule has 0 aliphatic rings. The molecule has 226 valence electrons. The molecule has 0 saturated heterocycles. The first-order valence-corrected chi connectivity index (χ1v) is 17.4. The molecule has 0 amide bonds. The van der Waals surface area contributed by atoms with Crippen molar-refractivity contribution in [3.8, 4) is 17.2 Å². The zero-order valence-electron chi connectivity index (χ0n) is 26.1. The molecule has 5 aromatic heterocycles. The SMILES string of the molecule is c1ccc(-c2nc(-n3c4ccccc4c4c5c6c7ccccc7ccc6n6c7ccccc7c(cc43)c56)nc3sc4ccccc4c23)cc1. The summed E-state index contributed by atoms with van der Waals surface area (Å²) in [4.78, 5) is 11.9. The third kappa shape index (κ3) is 3.23. The summed E-state index contributed by atoms with van der Waals surface area (Å²) in [6.07, 6.45) is 0. The smallest absolute Gasteiger partial charge is 0.236 e. The molecule has 0 unspecified atom stereocenters. The molecule has 0 bridgehead atoms. The highest BCUT2D eigenvalue weighted by Gasteiger charge is 2.26. The molecule has 0 radical (unpaired) electrons. The average molecular weight is 641 g/mol. The summed E-state index contributed by atoms with van der Waals surface area (Å²) >= 11 is 1.74. The van der Waals surface area contributed by atoms with Gasteiger partial charge in [-0.3, -0.25) is 4.57 Å². The van der Waals surface area contributed by atoms with Gasteiger partial charge in [-0.1, -0.05) is 115 Å². The molecule has 0 aliphatic heterocycles. The van der Waals surface area contributed by atoms with Crippen molar-refractivity contribution in [2.24, 2.45) is 0 Å². The standard InChI is InChI=1S/C44H24N4S/c1-2-13-26(14-3-1)41-39-30-18-8-11-21-36(30)49-43(39)46-44(45-41)48-33-20-10-7-17-29(33)38-35(48)24-31-28-16-6-9-19-32(28)47-34-23-22-25-12-4-5-15-27(25)37(34)40(38)42(31)47/h1-24H. The molecule has 7 aromatic carbocycles. The van der Waals surface area contributed by atoms with Gasteiger partial charge in [0.25, 0.3) is 0 Å². The minimum absolute atomic E-state index is 0.690. The van der Waals surface area contributed by atoms with Gasteiger partial charge < -0.3 is 4.40 Å². The van der Waals surface area contributed by atoms with Crippen molar-refractivity contribution in [3.63, 3.8) is 0 Å². The van der Waals surface area contributed by atoms with Crippen molar-refractivity contribution in [1.29, 1.82) is 0 Å². The zero-order valence-corrected chi connectivity index (χ0v) is 26.9. The van der Waals surface area contributed by atoms with Crippen LogP contribution in [-0.2, 0) is 0 Å². The van der Waals surface area contributed by atoms with Crippen LogP contribution in [0.15, 0.2) is 146 Å². The van der Waals surface area contributed by atoms with Crippen molar-refractivity contribution in [3.05, 3.63) is 146 Å². The summed E-state index contributed by atoms with van der Waals surface area (Å²) in [6.45, 7) is 0. The maximum atomic E-state index is 5.48. The van der Waals surface area contributed by atoms with E-state index in [1.165, 1.54) is 69.7 Å². The number of aromatic nitrogens is 4. The number of rotatable bonds is 2. The van der Waals surface area contributed by atoms with Gasteiger partial charge in [0.1, 0.15) is 4.83 Å². The minimum atomic E-state index is 0.690. The highest BCUT2D eigenvalue weighted by Crippen LogP contribution is 2.48. The second-order valence-electron chi connectivity index (χ2n) is 12.9. The molecule has 0 spiro atoms. The monoisotopic (exact) mass is 640 g/mol. The van der Waals surface area contributed by atoms with Gasteiger partial charge in [0.15, 0.2) is 0 Å². The molecule has 4 nitrogen and oxygen atoms in total. The van der Waals surface area contributed by atoms with Gasteiger partial charge in [-0.05, 0) is 41.1 Å². The van der Waals surface area contributed by atoms with E-state index in [0.29, 0.717) is 5.95 Å². The Hall–Kier alpha value is -6.30. The molecule has 49 heavy (non-hydrogen) atoms. The predicted octanol–water partition coefficient (Wildman–Crippen LogP) is 11.9. The highest BCUT2D eigenvalue weighted by atomic mass is 32.1. The van der Waals surface area contributed by atoms with Crippen molar-refractivity contribution in [2.75, 3.05) is 0 Å². The number of hydrogen-bond acceptors (Lipinski definition) is 3. The molecular weight excluding hydrogens is 617 g/mol. The lowest BCUT2D eigenvalue weighted by Crippen LogP contribution is -2.02. The van der Waals surface area contributed by atoms with Crippen molar-refractivity contribution >= 4 is 102 Å². The van der Waals surface area contributed by atoms with Gasteiger partial charge >= 0.3 is 0 Å². The Bertz CT molecular complexity index is 3330. The van der Waals surface area contributed by atoms with Crippen molar-refractivity contribution in [1.82, 2.24) is 18.9 Å². The van der Waals surface area contributed by atoms with Crippen LogP contribution in [0, 0.1) is 0 Å². The van der Waals surface area contributed by atoms with E-state index in [1.54, 1.807) is 11.3 Å². The van der Waals surface area contributed by atoms with Crippen LogP contribution in [0.1, 0.15) is 0 Å². The van der Waals surface area contributed by atoms with Crippen LogP contribution in [0.25, 0.3) is 108 Å². The Kier molecular flexibility index (Phi) is 4.83. The van der Waals surface area contributed by atoms with Crippen LogP contribution >= 0.6 is 11.3 Å². The van der Waals surface area contributed by atoms with E-state index in [1.807, 2.05) is 0 Å². The summed E-state index contributed by atoms with van der Waals surface area (Å²) in [5.41, 5.74) is 8.00. The second kappa shape index (κ2) is 9.19. The first-order chi connectivity index (χ1) is 24.3. The molecule has 5 heterocycles. The van der Waals surface area contributed by atoms with Gasteiger partial charge in [-0.25, -0.2) is 9.97 Å². The van der Waals surface area contributed by atoms with Crippen LogP contribution in [0.3, 0.4) is 0 Å². The zero-order chi connectivity index (χ0) is 31.8. The molecular formula is C44H24N4S. The van der Waals surface area contributed by atoms with Crippen molar-refractivity contribution in [2.45, 2.75) is 0 Å². The molecule has 12 rings (SSSR count). The van der Waals surface area contributed by atoms with Crippen LogP contribution < -0.4 is 0 Å². The summed E-state index contributed by atoms with van der Waals surface area (Å²) in [5, 5.41) is 12.3. The maximum absolute atomic E-state index is 5.48. The number of benzene rings is 7. The molecule has 0 aliphatic carbocycles. The van der Waals surface area contributed by atoms with E-state index in [0.717, 1.165) is 32.5 Å². The molecule has 0 N–H and O–H groups in total. The molecule has 5 heteroatoms. The fourth-order valence-corrected chi connectivity index (χ4v) is 9.58. The van der Waals surface area contributed by atoms with E-state index in [9.17, 15) is 0 Å². The third-order valence-electron chi connectivity index (χ3n) is 10.5. The Morgan fingerprint density at radius 2 is 1.14 bits per heavy atom. The van der Waals surface area contributed by atoms with Crippen LogP contribution in [-0.4, -0.2) is 18.9 Å². The van der Waals surface area contributed by atoms with Crippen LogP contribution in [0.2, 0.25) is 0 Å². The predicted molar refractivity (Wildman–Crippen MR) is 207 cm³/mol. The van der Waals surface area contributed by atoms with Gasteiger partial charge in [0.2, 0.25) is 5.95 Å². The quantitative estimate of drug-likeness (QED) is 0.188. The van der Waals surface area contributed by atoms with E-state index in [-0.39, 0.29) is 0 Å². The fourth-order valence-electron chi connectivity index (χ4n) is 8.51. The number of thiophene rings is 1. The first kappa shape index (κ1) is 25.7. The topological polar surface area (TPSA) is 35.1 Å². The lowest BCUT2D eigenvalue weighted by Gasteiger charge is -2.10. The molecule has 12 aromatic rings. The first-order valence-electron chi connectivity index (χ1n) is 16.6. The molecule has 0 fully saturated rings. The lowest BCUT2D eigenvalue weighted by molar-refractivity contribution is 1.02. The summed E-state index contributed by atoms with van der Waals surface area (Å²) in [6, 6.07) is 52.5. The summed E-state index contributed by atoms with van der Waals surface area (Å²) in [7, 11) is 0. The Labute approximate surface area is 283 Å². The highest BCUT2D eigenvalue weighted by molar-refractivity contribution is 7.25. The van der Waals surface area contributed by atoms with Gasteiger partial charge in [-0.15, -0.1) is 11.3 Å². The van der Waals surface area contributed by atoms with E-state index < -0.39 is 0 Å². The Morgan fingerprint density at radius 1 is 0.449 bits per heavy atom. The summed E-state index contributed by atoms with van der Waals surface area (Å²) in [5.74, 6) is 0.690. The minimum Gasteiger partial charge on any atom is -0.308 e. The average Bonchev–Trinajstić information content (AvgIpc) is 3.89. The third-order valence-corrected chi connectivity index (χ3v) is 11.5. The number of hydrogen-bond donors (Lipinski definition) is 0. The lowest BCUT2D eigenvalue weighted by atomic mass is 9.98. The van der Waals surface area contributed by atoms with E-state index >= 15 is 0 Å². The molecule has 0 saturated carbocycles. The fraction of sp³-hybridized carbons (Fsp3) is 0. The Balaban J connectivity index is 1.33. The summed E-state index contributed by atoms with van der Waals surface area (Å²) < 4.78 is 6.02. The number of para-hydroxylation sites is 2. The van der Waals surface area contributed by atoms with Gasteiger partial charge in [0, 0.05) is 53.4 Å². The van der Waals surface area contributed by atoms with Crippen molar-refractivity contribution < 1.29 is 0 Å². The number of fused-ring (bicyclic) bond motifs is 15. The number of nitrogens with zero attached hydrogens (tertiary/aromatic N) is 4. The van der Waals surface area contributed by atoms with E-state index in [2.05, 4.69) is 155 Å². The van der Waals surface area contributed by atoms with E-state index in [4.69, 9.17) is 9.97 Å². The van der Waals surface area contributed by atoms with Gasteiger partial charge in [-0.2, -0.15) is 0 Å². The van der Waals surface area contributed by atoms with Crippen LogP contribution in [0.4, 0.5) is 0 Å². The van der Waals surface area contributed by atoms with Gasteiger partial charge in [0.05, 0.1) is 33.3 Å². The largest absolute Gasteiger partial charge is 0.308 e. The Morgan fingerprint density at radius 3 is 2.02 bits per heavy atom. The maximum Gasteiger partial charge on any atom is 0.236 e. The molecule has 0 atom stereocenters. The van der Waals surface area contributed by atoms with Crippen LogP contribution in [0.5, 0.6) is 0 Å².